The molecule has 20 heavy (non-hydrogen) atoms. The number of carbonyl (C=O) groups is 2. The van der Waals surface area contributed by atoms with E-state index in [4.69, 9.17) is 0 Å². The second-order valence-electron chi connectivity index (χ2n) is 7.22. The minimum Gasteiger partial charge on any atom is -0.480 e. The lowest BCUT2D eigenvalue weighted by molar-refractivity contribution is -0.181. The molecule has 3 fully saturated rings. The average molecular weight is 280 g/mol. The Bertz CT molecular complexity index is 400. The van der Waals surface area contributed by atoms with Gasteiger partial charge in [-0.05, 0) is 42.9 Å². The first-order valence-corrected chi connectivity index (χ1v) is 7.99. The molecule has 0 amide bonds. The predicted molar refractivity (Wildman–Crippen MR) is 73.3 cm³/mol. The van der Waals surface area contributed by atoms with Crippen molar-refractivity contribution in [3.05, 3.63) is 0 Å². The molecule has 4 nitrogen and oxygen atoms in total. The topological polar surface area (TPSA) is 74.6 Å². The van der Waals surface area contributed by atoms with E-state index in [2.05, 4.69) is 0 Å². The number of carboxylic acids is 2. The van der Waals surface area contributed by atoms with Crippen LogP contribution in [0.15, 0.2) is 0 Å². The molecule has 3 aliphatic carbocycles. The fourth-order valence-electron chi connectivity index (χ4n) is 5.55. The molecule has 2 atom stereocenters. The molecule has 1 spiro atoms. The fraction of sp³-hybridized carbons (Fsp3) is 0.875. The van der Waals surface area contributed by atoms with E-state index in [1.807, 2.05) is 0 Å². The molecule has 2 N–H and O–H groups in total. The summed E-state index contributed by atoms with van der Waals surface area (Å²) < 4.78 is 0. The van der Waals surface area contributed by atoms with Crippen LogP contribution in [-0.4, -0.2) is 22.2 Å². The highest BCUT2D eigenvalue weighted by molar-refractivity contribution is 5.99. The van der Waals surface area contributed by atoms with E-state index in [9.17, 15) is 19.8 Å². The zero-order chi connectivity index (χ0) is 14.4. The summed E-state index contributed by atoms with van der Waals surface area (Å²) >= 11 is 0. The molecule has 0 bridgehead atoms. The van der Waals surface area contributed by atoms with Crippen molar-refractivity contribution in [3.8, 4) is 0 Å². The third-order valence-electron chi connectivity index (χ3n) is 6.46. The van der Waals surface area contributed by atoms with E-state index in [1.165, 1.54) is 25.7 Å². The number of hydrogen-bond acceptors (Lipinski definition) is 2. The number of rotatable bonds is 2. The van der Waals surface area contributed by atoms with Gasteiger partial charge in [0.05, 0.1) is 0 Å². The van der Waals surface area contributed by atoms with Gasteiger partial charge in [-0.1, -0.05) is 38.5 Å². The minimum absolute atomic E-state index is 0.317. The molecule has 112 valence electrons. The van der Waals surface area contributed by atoms with Crippen LogP contribution in [0, 0.1) is 22.7 Å². The highest BCUT2D eigenvalue weighted by Gasteiger charge is 2.66. The first kappa shape index (κ1) is 13.9. The standard InChI is InChI=1S/C16H24O4/c17-13(18)16(14(19)20)8-4-3-7-15(16)9-11-5-1-2-6-12(11)10-15/h11-12H,1-10H2,(H,17,18)(H,19,20). The zero-order valence-corrected chi connectivity index (χ0v) is 11.9. The van der Waals surface area contributed by atoms with Gasteiger partial charge in [-0.3, -0.25) is 9.59 Å². The third kappa shape index (κ3) is 1.73. The summed E-state index contributed by atoms with van der Waals surface area (Å²) in [6, 6.07) is 0. The van der Waals surface area contributed by atoms with Gasteiger partial charge >= 0.3 is 11.9 Å². The Kier molecular flexibility index (Phi) is 3.30. The summed E-state index contributed by atoms with van der Waals surface area (Å²) in [5, 5.41) is 19.5. The zero-order valence-electron chi connectivity index (χ0n) is 11.9. The predicted octanol–water partition coefficient (Wildman–Crippen LogP) is 3.30. The van der Waals surface area contributed by atoms with Crippen LogP contribution in [0.4, 0.5) is 0 Å². The van der Waals surface area contributed by atoms with Gasteiger partial charge in [-0.2, -0.15) is 0 Å². The van der Waals surface area contributed by atoms with Gasteiger partial charge in [0.25, 0.3) is 0 Å². The van der Waals surface area contributed by atoms with Crippen molar-refractivity contribution in [1.29, 1.82) is 0 Å². The number of fused-ring (bicyclic) bond motifs is 1. The Hall–Kier alpha value is -1.06. The largest absolute Gasteiger partial charge is 0.480 e. The lowest BCUT2D eigenvalue weighted by Crippen LogP contribution is -2.54. The molecule has 3 rings (SSSR count). The van der Waals surface area contributed by atoms with Gasteiger partial charge in [0.2, 0.25) is 0 Å². The molecule has 0 heterocycles. The van der Waals surface area contributed by atoms with Gasteiger partial charge in [0.1, 0.15) is 0 Å². The Morgan fingerprint density at radius 2 is 1.30 bits per heavy atom. The van der Waals surface area contributed by atoms with Crippen LogP contribution in [0.2, 0.25) is 0 Å². The molecular weight excluding hydrogens is 256 g/mol. The maximum atomic E-state index is 11.9. The molecular formula is C16H24O4. The van der Waals surface area contributed by atoms with Gasteiger partial charge in [-0.15, -0.1) is 0 Å². The molecule has 0 radical (unpaired) electrons. The highest BCUT2D eigenvalue weighted by Crippen LogP contribution is 2.64. The second-order valence-corrected chi connectivity index (χ2v) is 7.22. The lowest BCUT2D eigenvalue weighted by Gasteiger charge is -2.46. The van der Waals surface area contributed by atoms with Crippen molar-refractivity contribution in [1.82, 2.24) is 0 Å². The van der Waals surface area contributed by atoms with Gasteiger partial charge < -0.3 is 10.2 Å². The summed E-state index contributed by atoms with van der Waals surface area (Å²) in [7, 11) is 0. The van der Waals surface area contributed by atoms with Crippen LogP contribution in [-0.2, 0) is 9.59 Å². The summed E-state index contributed by atoms with van der Waals surface area (Å²) in [6.45, 7) is 0. The molecule has 4 heteroatoms. The van der Waals surface area contributed by atoms with Crippen molar-refractivity contribution in [3.63, 3.8) is 0 Å². The summed E-state index contributed by atoms with van der Waals surface area (Å²) in [6.07, 6.45) is 9.28. The normalized spacial score (nSPS) is 39.4. The first-order valence-electron chi connectivity index (χ1n) is 7.99. The highest BCUT2D eigenvalue weighted by atomic mass is 16.4. The van der Waals surface area contributed by atoms with Crippen LogP contribution < -0.4 is 0 Å². The van der Waals surface area contributed by atoms with Crippen LogP contribution in [0.3, 0.4) is 0 Å². The van der Waals surface area contributed by atoms with E-state index in [0.29, 0.717) is 18.3 Å². The lowest BCUT2D eigenvalue weighted by atomic mass is 9.54. The molecule has 0 saturated heterocycles. The Balaban J connectivity index is 2.00. The number of aliphatic carboxylic acids is 2. The molecule has 3 saturated carbocycles. The molecule has 0 aromatic carbocycles. The monoisotopic (exact) mass is 280 g/mol. The molecule has 2 unspecified atom stereocenters. The SMILES string of the molecule is O=C(O)C1(C(=O)O)CCCCC12CC1CCCCC1C2. The number of hydrogen-bond donors (Lipinski definition) is 2. The van der Waals surface area contributed by atoms with E-state index < -0.39 is 22.8 Å². The quantitative estimate of drug-likeness (QED) is 0.761. The third-order valence-corrected chi connectivity index (χ3v) is 6.46. The van der Waals surface area contributed by atoms with Gasteiger partial charge in [0, 0.05) is 0 Å². The van der Waals surface area contributed by atoms with Crippen LogP contribution in [0.5, 0.6) is 0 Å². The summed E-state index contributed by atoms with van der Waals surface area (Å²) in [4.78, 5) is 23.8. The summed E-state index contributed by atoms with van der Waals surface area (Å²) in [5.74, 6) is -1.05. The fourth-order valence-corrected chi connectivity index (χ4v) is 5.55. The van der Waals surface area contributed by atoms with E-state index in [0.717, 1.165) is 32.1 Å². The van der Waals surface area contributed by atoms with E-state index in [-0.39, 0.29) is 0 Å². The average Bonchev–Trinajstić information content (AvgIpc) is 2.77. The molecule has 3 aliphatic rings. The second kappa shape index (κ2) is 4.74. The minimum atomic E-state index is -1.53. The summed E-state index contributed by atoms with van der Waals surface area (Å²) in [5.41, 5.74) is -2.01. The van der Waals surface area contributed by atoms with E-state index in [1.54, 1.807) is 0 Å². The Labute approximate surface area is 119 Å². The first-order chi connectivity index (χ1) is 9.52. The van der Waals surface area contributed by atoms with Crippen molar-refractivity contribution >= 4 is 11.9 Å². The smallest absolute Gasteiger partial charge is 0.321 e. The van der Waals surface area contributed by atoms with E-state index >= 15 is 0 Å². The van der Waals surface area contributed by atoms with Crippen LogP contribution in [0.25, 0.3) is 0 Å². The van der Waals surface area contributed by atoms with Gasteiger partial charge in [-0.25, -0.2) is 0 Å². The van der Waals surface area contributed by atoms with Crippen molar-refractivity contribution in [2.45, 2.75) is 64.2 Å². The maximum absolute atomic E-state index is 11.9. The maximum Gasteiger partial charge on any atom is 0.321 e. The van der Waals surface area contributed by atoms with Crippen molar-refractivity contribution < 1.29 is 19.8 Å². The molecule has 0 aliphatic heterocycles. The number of carboxylic acid groups (broad SMARTS) is 2. The Morgan fingerprint density at radius 1 is 0.800 bits per heavy atom. The Morgan fingerprint density at radius 3 is 1.80 bits per heavy atom. The molecule has 0 aromatic heterocycles. The van der Waals surface area contributed by atoms with Crippen molar-refractivity contribution in [2.24, 2.45) is 22.7 Å². The van der Waals surface area contributed by atoms with Crippen molar-refractivity contribution in [2.75, 3.05) is 0 Å². The van der Waals surface area contributed by atoms with Crippen LogP contribution >= 0.6 is 0 Å². The van der Waals surface area contributed by atoms with Crippen LogP contribution in [0.1, 0.15) is 64.2 Å². The van der Waals surface area contributed by atoms with Gasteiger partial charge in [0.15, 0.2) is 5.41 Å². The molecule has 0 aromatic rings.